The molecule has 76 valence electrons. The third kappa shape index (κ3) is 4.99. The van der Waals surface area contributed by atoms with Gasteiger partial charge in [0.2, 0.25) is 6.54 Å². The summed E-state index contributed by atoms with van der Waals surface area (Å²) < 4.78 is 35.6. The molecule has 0 aliphatic rings. The molecule has 5 nitrogen and oxygen atoms in total. The number of carboxylic acids is 1. The molecule has 0 bridgehead atoms. The Morgan fingerprint density at radius 2 is 2.00 bits per heavy atom. The fourth-order valence-electron chi connectivity index (χ4n) is 0.675. The highest BCUT2D eigenvalue weighted by Crippen LogP contribution is 2.28. The number of alkyl halides is 3. The smallest absolute Gasteiger partial charge is 0.398 e. The van der Waals surface area contributed by atoms with Gasteiger partial charge in [0, 0.05) is 4.92 Å². The molecule has 13 heavy (non-hydrogen) atoms. The SMILES string of the molecule is O=C(O)CC(C[N+](=O)[O-])C(F)(F)F. The first-order chi connectivity index (χ1) is 5.73. The van der Waals surface area contributed by atoms with E-state index in [1.807, 2.05) is 0 Å². The second-order valence-electron chi connectivity index (χ2n) is 2.35. The van der Waals surface area contributed by atoms with Crippen LogP contribution in [0.4, 0.5) is 13.2 Å². The van der Waals surface area contributed by atoms with Crippen LogP contribution in [0.3, 0.4) is 0 Å². The second kappa shape index (κ2) is 4.06. The molecule has 0 saturated heterocycles. The van der Waals surface area contributed by atoms with Crippen molar-refractivity contribution in [2.75, 3.05) is 6.54 Å². The van der Waals surface area contributed by atoms with E-state index < -0.39 is 36.0 Å². The molecular formula is C5H6F3NO4. The van der Waals surface area contributed by atoms with Gasteiger partial charge in [-0.05, 0) is 0 Å². The molecule has 0 rings (SSSR count). The van der Waals surface area contributed by atoms with Crippen molar-refractivity contribution in [3.8, 4) is 0 Å². The lowest BCUT2D eigenvalue weighted by atomic mass is 10.1. The molecule has 1 unspecified atom stereocenters. The number of carbonyl (C=O) groups is 1. The molecule has 0 fully saturated rings. The van der Waals surface area contributed by atoms with Crippen molar-refractivity contribution in [3.05, 3.63) is 10.1 Å². The molecular weight excluding hydrogens is 195 g/mol. The largest absolute Gasteiger partial charge is 0.481 e. The highest BCUT2D eigenvalue weighted by Gasteiger charge is 2.44. The minimum Gasteiger partial charge on any atom is -0.481 e. The summed E-state index contributed by atoms with van der Waals surface area (Å²) in [6, 6.07) is 0. The first-order valence-corrected chi connectivity index (χ1v) is 3.13. The Hall–Kier alpha value is -1.34. The molecule has 1 N–H and O–H groups in total. The Balaban J connectivity index is 4.37. The van der Waals surface area contributed by atoms with E-state index in [0.717, 1.165) is 0 Å². The topological polar surface area (TPSA) is 80.4 Å². The molecule has 0 aliphatic carbocycles. The summed E-state index contributed by atoms with van der Waals surface area (Å²) in [5, 5.41) is 17.8. The van der Waals surface area contributed by atoms with E-state index in [4.69, 9.17) is 5.11 Å². The van der Waals surface area contributed by atoms with Gasteiger partial charge in [-0.25, -0.2) is 0 Å². The van der Waals surface area contributed by atoms with Crippen LogP contribution in [-0.4, -0.2) is 28.7 Å². The van der Waals surface area contributed by atoms with Gasteiger partial charge in [0.25, 0.3) is 0 Å². The lowest BCUT2D eigenvalue weighted by Crippen LogP contribution is -2.31. The summed E-state index contributed by atoms with van der Waals surface area (Å²) in [6.45, 7) is -1.41. The highest BCUT2D eigenvalue weighted by molar-refractivity contribution is 5.67. The van der Waals surface area contributed by atoms with Crippen LogP contribution >= 0.6 is 0 Å². The van der Waals surface area contributed by atoms with E-state index >= 15 is 0 Å². The van der Waals surface area contributed by atoms with Gasteiger partial charge >= 0.3 is 12.1 Å². The van der Waals surface area contributed by atoms with Gasteiger partial charge in [-0.2, -0.15) is 13.2 Å². The minimum absolute atomic E-state index is 1.18. The van der Waals surface area contributed by atoms with Gasteiger partial charge < -0.3 is 5.11 Å². The quantitative estimate of drug-likeness (QED) is 0.541. The Morgan fingerprint density at radius 3 is 2.23 bits per heavy atom. The molecule has 0 aromatic carbocycles. The molecule has 0 heterocycles. The van der Waals surface area contributed by atoms with E-state index in [-0.39, 0.29) is 0 Å². The molecule has 0 saturated carbocycles. The van der Waals surface area contributed by atoms with Crippen molar-refractivity contribution in [2.45, 2.75) is 12.6 Å². The van der Waals surface area contributed by atoms with Crippen LogP contribution in [0.5, 0.6) is 0 Å². The molecule has 0 aromatic rings. The number of aliphatic carboxylic acids is 1. The molecule has 0 amide bonds. The van der Waals surface area contributed by atoms with Crippen molar-refractivity contribution >= 4 is 5.97 Å². The maximum Gasteiger partial charge on any atom is 0.398 e. The predicted molar refractivity (Wildman–Crippen MR) is 33.7 cm³/mol. The zero-order valence-corrected chi connectivity index (χ0v) is 6.24. The summed E-state index contributed by atoms with van der Waals surface area (Å²) >= 11 is 0. The summed E-state index contributed by atoms with van der Waals surface area (Å²) in [7, 11) is 0. The third-order valence-electron chi connectivity index (χ3n) is 1.25. The zero-order valence-electron chi connectivity index (χ0n) is 6.24. The molecule has 0 radical (unpaired) electrons. The normalized spacial score (nSPS) is 13.8. The number of hydrogen-bond donors (Lipinski definition) is 1. The Bertz CT molecular complexity index is 198. The van der Waals surface area contributed by atoms with Crippen molar-refractivity contribution in [1.82, 2.24) is 0 Å². The van der Waals surface area contributed by atoms with Gasteiger partial charge in [-0.1, -0.05) is 0 Å². The van der Waals surface area contributed by atoms with Gasteiger partial charge in [-0.15, -0.1) is 0 Å². The molecule has 1 atom stereocenters. The first-order valence-electron chi connectivity index (χ1n) is 3.13. The van der Waals surface area contributed by atoms with Crippen molar-refractivity contribution < 1.29 is 28.0 Å². The van der Waals surface area contributed by atoms with E-state index in [9.17, 15) is 28.1 Å². The van der Waals surface area contributed by atoms with E-state index in [1.165, 1.54) is 0 Å². The Labute approximate surface area is 70.3 Å². The maximum absolute atomic E-state index is 11.9. The monoisotopic (exact) mass is 201 g/mol. The number of nitrogens with zero attached hydrogens (tertiary/aromatic N) is 1. The van der Waals surface area contributed by atoms with E-state index in [2.05, 4.69) is 0 Å². The number of rotatable bonds is 4. The molecule has 0 aliphatic heterocycles. The van der Waals surface area contributed by atoms with Crippen LogP contribution in [0.15, 0.2) is 0 Å². The number of carboxylic acid groups (broad SMARTS) is 1. The Morgan fingerprint density at radius 1 is 1.54 bits per heavy atom. The van der Waals surface area contributed by atoms with Gasteiger partial charge in [0.1, 0.15) is 5.92 Å². The number of nitro groups is 1. The molecule has 0 aromatic heterocycles. The van der Waals surface area contributed by atoms with Crippen LogP contribution in [-0.2, 0) is 4.79 Å². The van der Waals surface area contributed by atoms with E-state index in [0.29, 0.717) is 0 Å². The third-order valence-corrected chi connectivity index (χ3v) is 1.25. The number of hydrogen-bond acceptors (Lipinski definition) is 3. The van der Waals surface area contributed by atoms with Crippen molar-refractivity contribution in [3.63, 3.8) is 0 Å². The summed E-state index contributed by atoms with van der Waals surface area (Å²) in [5.41, 5.74) is 0. The lowest BCUT2D eigenvalue weighted by Gasteiger charge is -2.13. The van der Waals surface area contributed by atoms with Crippen LogP contribution in [0, 0.1) is 16.0 Å². The lowest BCUT2D eigenvalue weighted by molar-refractivity contribution is -0.497. The summed E-state index contributed by atoms with van der Waals surface area (Å²) in [5.74, 6) is -4.12. The van der Waals surface area contributed by atoms with Gasteiger partial charge in [0.05, 0.1) is 6.42 Å². The molecule has 0 spiro atoms. The van der Waals surface area contributed by atoms with Crippen molar-refractivity contribution in [2.24, 2.45) is 5.92 Å². The standard InChI is InChI=1S/C5H6F3NO4/c6-5(7,8)3(1-4(10)11)2-9(12)13/h3H,1-2H2,(H,10,11). The highest BCUT2D eigenvalue weighted by atomic mass is 19.4. The molecule has 8 heteroatoms. The van der Waals surface area contributed by atoms with Crippen LogP contribution in [0.1, 0.15) is 6.42 Å². The zero-order chi connectivity index (χ0) is 10.6. The van der Waals surface area contributed by atoms with Crippen LogP contribution < -0.4 is 0 Å². The van der Waals surface area contributed by atoms with Crippen LogP contribution in [0.25, 0.3) is 0 Å². The minimum atomic E-state index is -4.84. The average molecular weight is 201 g/mol. The van der Waals surface area contributed by atoms with E-state index in [1.54, 1.807) is 0 Å². The maximum atomic E-state index is 11.9. The predicted octanol–water partition coefficient (Wildman–Crippen LogP) is 0.916. The fourth-order valence-corrected chi connectivity index (χ4v) is 0.675. The van der Waals surface area contributed by atoms with Gasteiger partial charge in [-0.3, -0.25) is 14.9 Å². The second-order valence-corrected chi connectivity index (χ2v) is 2.35. The number of halogens is 3. The van der Waals surface area contributed by atoms with Crippen LogP contribution in [0.2, 0.25) is 0 Å². The summed E-state index contributed by atoms with van der Waals surface area (Å²) in [4.78, 5) is 18.5. The first kappa shape index (κ1) is 11.7. The van der Waals surface area contributed by atoms with Gasteiger partial charge in [0.15, 0.2) is 0 Å². The Kier molecular flexibility index (Phi) is 3.64. The van der Waals surface area contributed by atoms with Crippen molar-refractivity contribution in [1.29, 1.82) is 0 Å². The summed E-state index contributed by atoms with van der Waals surface area (Å²) in [6.07, 6.45) is -6.12. The fraction of sp³-hybridized carbons (Fsp3) is 0.800. The average Bonchev–Trinajstić information content (AvgIpc) is 1.81.